The molecule has 1 aromatic rings. The Balaban J connectivity index is 3.00. The molecular formula is C11H13NO4. The zero-order valence-corrected chi connectivity index (χ0v) is 9.23. The van der Waals surface area contributed by atoms with Crippen LogP contribution in [-0.2, 0) is 9.47 Å². The summed E-state index contributed by atoms with van der Waals surface area (Å²) in [5, 5.41) is 0. The largest absolute Gasteiger partial charge is 0.462 e. The highest BCUT2D eigenvalue weighted by Gasteiger charge is 2.19. The zero-order chi connectivity index (χ0) is 12.0. The predicted molar refractivity (Wildman–Crippen MR) is 56.2 cm³/mol. The van der Waals surface area contributed by atoms with Crippen LogP contribution in [0.3, 0.4) is 0 Å². The summed E-state index contributed by atoms with van der Waals surface area (Å²) in [6, 6.07) is 3.05. The number of nitrogens with zero attached hydrogens (tertiary/aromatic N) is 1. The highest BCUT2D eigenvalue weighted by atomic mass is 16.5. The Labute approximate surface area is 93.4 Å². The fourth-order valence-corrected chi connectivity index (χ4v) is 1.14. The van der Waals surface area contributed by atoms with E-state index >= 15 is 0 Å². The van der Waals surface area contributed by atoms with Crippen molar-refractivity contribution < 1.29 is 19.1 Å². The molecule has 0 fully saturated rings. The van der Waals surface area contributed by atoms with Crippen LogP contribution in [0.15, 0.2) is 18.3 Å². The minimum atomic E-state index is -0.619. The summed E-state index contributed by atoms with van der Waals surface area (Å²) >= 11 is 0. The molecule has 86 valence electrons. The number of aromatic nitrogens is 1. The first kappa shape index (κ1) is 12.2. The topological polar surface area (TPSA) is 65.5 Å². The van der Waals surface area contributed by atoms with E-state index in [0.29, 0.717) is 0 Å². The standard InChI is InChI=1S/C11H13NO4/c1-3-15-10(13)8-6-5-7-12-9(8)11(14)16-4-2/h5-7H,3-4H2,1-2H3. The number of ether oxygens (including phenoxy) is 2. The number of rotatable bonds is 4. The molecule has 0 atom stereocenters. The number of hydrogen-bond donors (Lipinski definition) is 0. The van der Waals surface area contributed by atoms with Crippen molar-refractivity contribution in [2.45, 2.75) is 13.8 Å². The summed E-state index contributed by atoms with van der Waals surface area (Å²) in [6.45, 7) is 3.86. The fraction of sp³-hybridized carbons (Fsp3) is 0.364. The maximum Gasteiger partial charge on any atom is 0.357 e. The Morgan fingerprint density at radius 3 is 2.44 bits per heavy atom. The van der Waals surface area contributed by atoms with Gasteiger partial charge in [0.15, 0.2) is 5.69 Å². The maximum atomic E-state index is 11.5. The molecule has 0 aromatic carbocycles. The Morgan fingerprint density at radius 2 is 1.81 bits per heavy atom. The number of carbonyl (C=O) groups is 2. The van der Waals surface area contributed by atoms with Gasteiger partial charge < -0.3 is 9.47 Å². The van der Waals surface area contributed by atoms with E-state index in [9.17, 15) is 9.59 Å². The normalized spacial score (nSPS) is 9.62. The lowest BCUT2D eigenvalue weighted by Crippen LogP contribution is -2.15. The zero-order valence-electron chi connectivity index (χ0n) is 9.23. The summed E-state index contributed by atoms with van der Waals surface area (Å²) < 4.78 is 9.60. The molecule has 0 unspecified atom stereocenters. The van der Waals surface area contributed by atoms with Gasteiger partial charge in [-0.25, -0.2) is 14.6 Å². The van der Waals surface area contributed by atoms with Crippen LogP contribution < -0.4 is 0 Å². The van der Waals surface area contributed by atoms with Gasteiger partial charge in [0, 0.05) is 6.20 Å². The van der Waals surface area contributed by atoms with Gasteiger partial charge in [-0.05, 0) is 26.0 Å². The molecule has 0 N–H and O–H groups in total. The van der Waals surface area contributed by atoms with Gasteiger partial charge in [0.1, 0.15) is 0 Å². The molecule has 5 heteroatoms. The highest BCUT2D eigenvalue weighted by Crippen LogP contribution is 2.08. The van der Waals surface area contributed by atoms with Crippen molar-refractivity contribution in [2.24, 2.45) is 0 Å². The maximum absolute atomic E-state index is 11.5. The monoisotopic (exact) mass is 223 g/mol. The van der Waals surface area contributed by atoms with Crippen molar-refractivity contribution in [2.75, 3.05) is 13.2 Å². The van der Waals surface area contributed by atoms with E-state index in [1.165, 1.54) is 12.3 Å². The second kappa shape index (κ2) is 5.85. The van der Waals surface area contributed by atoms with E-state index < -0.39 is 11.9 Å². The van der Waals surface area contributed by atoms with Crippen molar-refractivity contribution in [1.82, 2.24) is 4.98 Å². The summed E-state index contributed by atoms with van der Waals surface area (Å²) in [5.74, 6) is -1.19. The molecule has 0 radical (unpaired) electrons. The lowest BCUT2D eigenvalue weighted by atomic mass is 10.2. The van der Waals surface area contributed by atoms with Gasteiger partial charge in [0.2, 0.25) is 0 Å². The van der Waals surface area contributed by atoms with Crippen LogP contribution in [0.2, 0.25) is 0 Å². The van der Waals surface area contributed by atoms with Crippen LogP contribution in [0.1, 0.15) is 34.7 Å². The molecule has 1 rings (SSSR count). The quantitative estimate of drug-likeness (QED) is 0.722. The number of carbonyl (C=O) groups excluding carboxylic acids is 2. The molecular weight excluding hydrogens is 210 g/mol. The smallest absolute Gasteiger partial charge is 0.357 e. The molecule has 0 saturated heterocycles. The van der Waals surface area contributed by atoms with E-state index in [-0.39, 0.29) is 24.5 Å². The Morgan fingerprint density at radius 1 is 1.19 bits per heavy atom. The number of pyridine rings is 1. The van der Waals surface area contributed by atoms with Crippen LogP contribution in [0.5, 0.6) is 0 Å². The lowest BCUT2D eigenvalue weighted by Gasteiger charge is -2.06. The van der Waals surface area contributed by atoms with Crippen molar-refractivity contribution >= 4 is 11.9 Å². The van der Waals surface area contributed by atoms with Crippen molar-refractivity contribution in [3.8, 4) is 0 Å². The van der Waals surface area contributed by atoms with Crippen molar-refractivity contribution in [3.63, 3.8) is 0 Å². The van der Waals surface area contributed by atoms with E-state index in [1.54, 1.807) is 19.9 Å². The third kappa shape index (κ3) is 2.79. The minimum Gasteiger partial charge on any atom is -0.462 e. The van der Waals surface area contributed by atoms with Gasteiger partial charge in [0.25, 0.3) is 0 Å². The first-order valence-corrected chi connectivity index (χ1v) is 5.00. The van der Waals surface area contributed by atoms with Gasteiger partial charge in [-0.2, -0.15) is 0 Å². The third-order valence-corrected chi connectivity index (χ3v) is 1.77. The molecule has 0 amide bonds. The Bertz CT molecular complexity index is 352. The molecule has 0 saturated carbocycles. The summed E-state index contributed by atoms with van der Waals surface area (Å²) in [4.78, 5) is 26.8. The van der Waals surface area contributed by atoms with E-state index in [2.05, 4.69) is 4.98 Å². The van der Waals surface area contributed by atoms with E-state index in [4.69, 9.17) is 9.47 Å². The minimum absolute atomic E-state index is 0.0113. The first-order chi connectivity index (χ1) is 7.70. The average Bonchev–Trinajstić information content (AvgIpc) is 2.30. The number of hydrogen-bond acceptors (Lipinski definition) is 5. The summed E-state index contributed by atoms with van der Waals surface area (Å²) in [6.07, 6.45) is 1.43. The molecule has 1 heterocycles. The fourth-order valence-electron chi connectivity index (χ4n) is 1.14. The van der Waals surface area contributed by atoms with Crippen LogP contribution in [0.25, 0.3) is 0 Å². The molecule has 5 nitrogen and oxygen atoms in total. The first-order valence-electron chi connectivity index (χ1n) is 5.00. The van der Waals surface area contributed by atoms with E-state index in [0.717, 1.165) is 0 Å². The van der Waals surface area contributed by atoms with Crippen molar-refractivity contribution in [3.05, 3.63) is 29.6 Å². The van der Waals surface area contributed by atoms with Gasteiger partial charge in [0.05, 0.1) is 18.8 Å². The molecule has 0 aliphatic carbocycles. The molecule has 16 heavy (non-hydrogen) atoms. The van der Waals surface area contributed by atoms with Crippen LogP contribution in [-0.4, -0.2) is 30.1 Å². The SMILES string of the molecule is CCOC(=O)c1cccnc1C(=O)OCC. The van der Waals surface area contributed by atoms with Crippen LogP contribution >= 0.6 is 0 Å². The molecule has 0 bridgehead atoms. The summed E-state index contributed by atoms with van der Waals surface area (Å²) in [7, 11) is 0. The van der Waals surface area contributed by atoms with Crippen molar-refractivity contribution in [1.29, 1.82) is 0 Å². The second-order valence-electron chi connectivity index (χ2n) is 2.84. The lowest BCUT2D eigenvalue weighted by molar-refractivity contribution is 0.0473. The van der Waals surface area contributed by atoms with Gasteiger partial charge >= 0.3 is 11.9 Å². The predicted octanol–water partition coefficient (Wildman–Crippen LogP) is 1.44. The number of esters is 2. The van der Waals surface area contributed by atoms with Crippen LogP contribution in [0.4, 0.5) is 0 Å². The average molecular weight is 223 g/mol. The molecule has 1 aromatic heterocycles. The Hall–Kier alpha value is -1.91. The summed E-state index contributed by atoms with van der Waals surface area (Å²) in [5.41, 5.74) is 0.116. The molecule has 0 spiro atoms. The molecule has 0 aliphatic heterocycles. The second-order valence-corrected chi connectivity index (χ2v) is 2.84. The molecule has 0 aliphatic rings. The van der Waals surface area contributed by atoms with Gasteiger partial charge in [-0.1, -0.05) is 0 Å². The van der Waals surface area contributed by atoms with E-state index in [1.807, 2.05) is 0 Å². The van der Waals surface area contributed by atoms with Gasteiger partial charge in [-0.3, -0.25) is 0 Å². The highest BCUT2D eigenvalue weighted by molar-refractivity contribution is 6.01. The van der Waals surface area contributed by atoms with Gasteiger partial charge in [-0.15, -0.1) is 0 Å². The third-order valence-electron chi connectivity index (χ3n) is 1.77. The Kier molecular flexibility index (Phi) is 4.44. The van der Waals surface area contributed by atoms with Crippen LogP contribution in [0, 0.1) is 0 Å².